The van der Waals surface area contributed by atoms with Crippen LogP contribution in [-0.4, -0.2) is 82.2 Å². The van der Waals surface area contributed by atoms with Gasteiger partial charge in [0.25, 0.3) is 5.91 Å². The van der Waals surface area contributed by atoms with Crippen LogP contribution < -0.4 is 5.32 Å². The van der Waals surface area contributed by atoms with E-state index in [4.69, 9.17) is 9.84 Å². The number of carboxylic acids is 1. The molecule has 12 heteroatoms. The molecule has 0 unspecified atom stereocenters. The molecule has 1 aliphatic rings. The number of nitrogens with one attached hydrogen (secondary N) is 1. The van der Waals surface area contributed by atoms with Crippen molar-refractivity contribution in [2.75, 3.05) is 44.7 Å². The standard InChI is InChI=1S/C18H23N5O5S2/c1-3-22(5-4-13(24)25)18(27)21-17-19-11(2)14(30-17)12-10-29-15(20-12)16(26)23-6-8-28-9-7-23/h10H,3-9H2,1-2H3,(H,24,25)(H,19,21,27). The molecule has 0 bridgehead atoms. The second-order valence-electron chi connectivity index (χ2n) is 6.53. The van der Waals surface area contributed by atoms with Crippen LogP contribution in [-0.2, 0) is 9.53 Å². The van der Waals surface area contributed by atoms with Gasteiger partial charge < -0.3 is 19.6 Å². The van der Waals surface area contributed by atoms with Gasteiger partial charge >= 0.3 is 12.0 Å². The van der Waals surface area contributed by atoms with Gasteiger partial charge in [0.15, 0.2) is 10.1 Å². The highest BCUT2D eigenvalue weighted by Gasteiger charge is 2.23. The van der Waals surface area contributed by atoms with Gasteiger partial charge in [-0.2, -0.15) is 0 Å². The molecule has 1 aliphatic heterocycles. The summed E-state index contributed by atoms with van der Waals surface area (Å²) in [6.45, 7) is 6.26. The highest BCUT2D eigenvalue weighted by atomic mass is 32.1. The van der Waals surface area contributed by atoms with E-state index in [-0.39, 0.29) is 18.9 Å². The third-order valence-corrected chi connectivity index (χ3v) is 6.42. The molecule has 0 saturated carbocycles. The van der Waals surface area contributed by atoms with E-state index in [1.165, 1.54) is 27.6 Å². The number of carbonyl (C=O) groups excluding carboxylic acids is 2. The first-order chi connectivity index (χ1) is 14.4. The third kappa shape index (κ3) is 5.32. The van der Waals surface area contributed by atoms with E-state index in [1.54, 1.807) is 11.8 Å². The largest absolute Gasteiger partial charge is 0.481 e. The number of rotatable bonds is 7. The Labute approximate surface area is 181 Å². The quantitative estimate of drug-likeness (QED) is 0.659. The van der Waals surface area contributed by atoms with Crippen molar-refractivity contribution in [3.05, 3.63) is 16.1 Å². The number of anilines is 1. The van der Waals surface area contributed by atoms with E-state index < -0.39 is 12.0 Å². The van der Waals surface area contributed by atoms with Gasteiger partial charge in [0.2, 0.25) is 0 Å². The minimum atomic E-state index is -0.959. The maximum Gasteiger partial charge on any atom is 0.323 e. The van der Waals surface area contributed by atoms with Gasteiger partial charge in [-0.3, -0.25) is 14.9 Å². The third-order valence-electron chi connectivity index (χ3n) is 4.49. The summed E-state index contributed by atoms with van der Waals surface area (Å²) in [5, 5.41) is 14.2. The Balaban J connectivity index is 1.68. The van der Waals surface area contributed by atoms with Gasteiger partial charge in [0.1, 0.15) is 0 Å². The van der Waals surface area contributed by atoms with Crippen LogP contribution in [0.15, 0.2) is 5.38 Å². The number of amides is 3. The zero-order valence-electron chi connectivity index (χ0n) is 16.7. The van der Waals surface area contributed by atoms with Crippen LogP contribution in [0.1, 0.15) is 28.8 Å². The Morgan fingerprint density at radius 2 is 2.03 bits per heavy atom. The lowest BCUT2D eigenvalue weighted by Gasteiger charge is -2.25. The summed E-state index contributed by atoms with van der Waals surface area (Å²) < 4.78 is 5.28. The first-order valence-electron chi connectivity index (χ1n) is 9.47. The molecule has 3 rings (SSSR count). The monoisotopic (exact) mass is 453 g/mol. The summed E-state index contributed by atoms with van der Waals surface area (Å²) in [7, 11) is 0. The summed E-state index contributed by atoms with van der Waals surface area (Å²) >= 11 is 2.55. The molecule has 0 spiro atoms. The molecule has 2 aromatic heterocycles. The molecule has 0 atom stereocenters. The molecule has 10 nitrogen and oxygen atoms in total. The average Bonchev–Trinajstić information content (AvgIpc) is 3.35. The maximum atomic E-state index is 12.6. The molecule has 1 fully saturated rings. The van der Waals surface area contributed by atoms with Gasteiger partial charge in [-0.15, -0.1) is 11.3 Å². The van der Waals surface area contributed by atoms with Gasteiger partial charge in [-0.05, 0) is 13.8 Å². The summed E-state index contributed by atoms with van der Waals surface area (Å²) in [6.07, 6.45) is -0.123. The van der Waals surface area contributed by atoms with Crippen molar-refractivity contribution in [2.45, 2.75) is 20.3 Å². The van der Waals surface area contributed by atoms with Crippen LogP contribution in [0.5, 0.6) is 0 Å². The van der Waals surface area contributed by atoms with Crippen LogP contribution in [0.3, 0.4) is 0 Å². The van der Waals surface area contributed by atoms with Crippen molar-refractivity contribution in [2.24, 2.45) is 0 Å². The Kier molecular flexibility index (Phi) is 7.34. The number of aryl methyl sites for hydroxylation is 1. The lowest BCUT2D eigenvalue weighted by molar-refractivity contribution is -0.137. The predicted octanol–water partition coefficient (Wildman–Crippen LogP) is 2.38. The van der Waals surface area contributed by atoms with E-state index in [0.717, 1.165) is 4.88 Å². The number of nitrogens with zero attached hydrogens (tertiary/aromatic N) is 4. The van der Waals surface area contributed by atoms with Crippen LogP contribution >= 0.6 is 22.7 Å². The lowest BCUT2D eigenvalue weighted by atomic mass is 10.3. The van der Waals surface area contributed by atoms with Gasteiger partial charge in [0, 0.05) is 31.6 Å². The predicted molar refractivity (Wildman–Crippen MR) is 113 cm³/mol. The van der Waals surface area contributed by atoms with Crippen molar-refractivity contribution in [1.29, 1.82) is 0 Å². The van der Waals surface area contributed by atoms with Crippen LogP contribution in [0.2, 0.25) is 0 Å². The second-order valence-corrected chi connectivity index (χ2v) is 8.39. The number of aliphatic carboxylic acids is 1. The Hall–Kier alpha value is -2.57. The smallest absolute Gasteiger partial charge is 0.323 e. The average molecular weight is 454 g/mol. The first-order valence-corrected chi connectivity index (χ1v) is 11.2. The number of carbonyl (C=O) groups is 3. The number of hydrogen-bond acceptors (Lipinski definition) is 8. The fraction of sp³-hybridized carbons (Fsp3) is 0.500. The molecular formula is C18H23N5O5S2. The molecule has 0 aromatic carbocycles. The SMILES string of the molecule is CCN(CCC(=O)O)C(=O)Nc1nc(C)c(-c2csc(C(=O)N3CCOCC3)n2)s1. The highest BCUT2D eigenvalue weighted by Crippen LogP contribution is 2.33. The summed E-state index contributed by atoms with van der Waals surface area (Å²) in [6, 6.07) is -0.402. The van der Waals surface area contributed by atoms with Crippen molar-refractivity contribution in [1.82, 2.24) is 19.8 Å². The van der Waals surface area contributed by atoms with Crippen molar-refractivity contribution in [3.63, 3.8) is 0 Å². The van der Waals surface area contributed by atoms with Crippen LogP contribution in [0.4, 0.5) is 9.93 Å². The van der Waals surface area contributed by atoms with E-state index in [1.807, 2.05) is 12.3 Å². The zero-order chi connectivity index (χ0) is 21.7. The molecule has 3 heterocycles. The normalized spacial score (nSPS) is 13.9. The van der Waals surface area contributed by atoms with Gasteiger partial charge in [0.05, 0.1) is 35.9 Å². The number of urea groups is 1. The highest BCUT2D eigenvalue weighted by molar-refractivity contribution is 7.19. The zero-order valence-corrected chi connectivity index (χ0v) is 18.3. The van der Waals surface area contributed by atoms with E-state index >= 15 is 0 Å². The maximum absolute atomic E-state index is 12.6. The van der Waals surface area contributed by atoms with Gasteiger partial charge in [-0.1, -0.05) is 11.3 Å². The Morgan fingerprint density at radius 1 is 1.30 bits per heavy atom. The van der Waals surface area contributed by atoms with E-state index in [9.17, 15) is 14.4 Å². The minimum Gasteiger partial charge on any atom is -0.481 e. The summed E-state index contributed by atoms with van der Waals surface area (Å²) in [5.41, 5.74) is 1.34. The molecule has 0 aliphatic carbocycles. The Bertz CT molecular complexity index is 922. The van der Waals surface area contributed by atoms with Crippen LogP contribution in [0.25, 0.3) is 10.6 Å². The van der Waals surface area contributed by atoms with Crippen molar-refractivity contribution < 1.29 is 24.2 Å². The number of thiazole rings is 2. The molecule has 1 saturated heterocycles. The molecule has 2 aromatic rings. The molecule has 30 heavy (non-hydrogen) atoms. The van der Waals surface area contributed by atoms with E-state index in [0.29, 0.717) is 54.4 Å². The molecule has 162 valence electrons. The molecule has 0 radical (unpaired) electrons. The second kappa shape index (κ2) is 9.96. The first kappa shape index (κ1) is 22.1. The van der Waals surface area contributed by atoms with Crippen molar-refractivity contribution in [3.8, 4) is 10.6 Å². The van der Waals surface area contributed by atoms with Crippen LogP contribution in [0, 0.1) is 6.92 Å². The number of morpholine rings is 1. The van der Waals surface area contributed by atoms with E-state index in [2.05, 4.69) is 15.3 Å². The number of hydrogen-bond donors (Lipinski definition) is 2. The molecular weight excluding hydrogens is 430 g/mol. The fourth-order valence-electron chi connectivity index (χ4n) is 2.87. The summed E-state index contributed by atoms with van der Waals surface area (Å²) in [5.74, 6) is -1.07. The Morgan fingerprint density at radius 3 is 2.70 bits per heavy atom. The number of carboxylic acid groups (broad SMARTS) is 1. The molecule has 3 amide bonds. The number of aromatic nitrogens is 2. The fourth-order valence-corrected chi connectivity index (χ4v) is 4.64. The lowest BCUT2D eigenvalue weighted by Crippen LogP contribution is -2.40. The van der Waals surface area contributed by atoms with Crippen molar-refractivity contribution >= 4 is 45.7 Å². The number of ether oxygens (including phenoxy) is 1. The minimum absolute atomic E-state index is 0.109. The van der Waals surface area contributed by atoms with Gasteiger partial charge in [-0.25, -0.2) is 14.8 Å². The molecule has 2 N–H and O–H groups in total. The topological polar surface area (TPSA) is 125 Å². The summed E-state index contributed by atoms with van der Waals surface area (Å²) in [4.78, 5) is 48.5.